The maximum Gasteiger partial charge on any atom is 0.475 e. The quantitative estimate of drug-likeness (QED) is 0.541. The lowest BCUT2D eigenvalue weighted by Gasteiger charge is -2.29. The normalized spacial score (nSPS) is 34.1. The van der Waals surface area contributed by atoms with Crippen molar-refractivity contribution < 1.29 is 33.1 Å². The summed E-state index contributed by atoms with van der Waals surface area (Å²) in [5.41, 5.74) is 5.48. The molecule has 30 heavy (non-hydrogen) atoms. The number of nitrogens with two attached hydrogens (primary N) is 1. The standard InChI is InChI=1S/C17H21N4O8P/c18-13-3-7-21(17(24)20-13)16-15(23)14(22)12(28-16)9-27-30(25)26-8-4-11(29-30)10-1-5-19-6-2-10/h1-3,5-7,11-12,14-16,22-23H,4,8-9H2,(H2,18,20,24)/t11-,12+,14+,15-,16?,30?/m0/s1. The topological polar surface area (TPSA) is 168 Å². The lowest BCUT2D eigenvalue weighted by Crippen LogP contribution is -2.36. The Kier molecular flexibility index (Phi) is 5.98. The summed E-state index contributed by atoms with van der Waals surface area (Å²) in [5.74, 6) is 0.0117. The first-order valence-corrected chi connectivity index (χ1v) is 10.7. The molecule has 6 atom stereocenters. The van der Waals surface area contributed by atoms with Gasteiger partial charge < -0.3 is 20.7 Å². The van der Waals surface area contributed by atoms with Gasteiger partial charge in [-0.15, -0.1) is 0 Å². The minimum atomic E-state index is -3.93. The fourth-order valence-electron chi connectivity index (χ4n) is 3.26. The molecule has 0 aliphatic carbocycles. The largest absolute Gasteiger partial charge is 0.475 e. The molecule has 0 aromatic carbocycles. The maximum absolute atomic E-state index is 12.8. The number of anilines is 1. The lowest BCUT2D eigenvalue weighted by atomic mass is 10.1. The van der Waals surface area contributed by atoms with E-state index in [1.807, 2.05) is 0 Å². The second kappa shape index (κ2) is 8.52. The van der Waals surface area contributed by atoms with Gasteiger partial charge in [-0.1, -0.05) is 0 Å². The summed E-state index contributed by atoms with van der Waals surface area (Å²) in [6.07, 6.45) is -0.693. The molecule has 0 spiro atoms. The van der Waals surface area contributed by atoms with Gasteiger partial charge in [-0.25, -0.2) is 9.36 Å². The van der Waals surface area contributed by atoms with Gasteiger partial charge in [-0.3, -0.25) is 23.1 Å². The van der Waals surface area contributed by atoms with Gasteiger partial charge in [-0.05, 0) is 23.8 Å². The van der Waals surface area contributed by atoms with Crippen LogP contribution in [0.4, 0.5) is 5.82 Å². The summed E-state index contributed by atoms with van der Waals surface area (Å²) in [5, 5.41) is 20.6. The number of aliphatic hydroxyl groups excluding tert-OH is 2. The molecule has 2 aliphatic heterocycles. The number of aliphatic hydroxyl groups is 2. The molecule has 162 valence electrons. The van der Waals surface area contributed by atoms with Crippen molar-refractivity contribution in [3.63, 3.8) is 0 Å². The first-order chi connectivity index (χ1) is 14.4. The van der Waals surface area contributed by atoms with Crippen molar-refractivity contribution in [3.8, 4) is 0 Å². The molecule has 0 saturated carbocycles. The number of nitrogens with zero attached hydrogens (tertiary/aromatic N) is 3. The molecule has 4 N–H and O–H groups in total. The van der Waals surface area contributed by atoms with Crippen LogP contribution < -0.4 is 11.4 Å². The first-order valence-electron chi connectivity index (χ1n) is 9.20. The van der Waals surface area contributed by atoms with Crippen LogP contribution in [0.1, 0.15) is 24.3 Å². The Labute approximate surface area is 170 Å². The van der Waals surface area contributed by atoms with Gasteiger partial charge in [0.25, 0.3) is 0 Å². The van der Waals surface area contributed by atoms with E-state index in [0.717, 1.165) is 10.1 Å². The van der Waals surface area contributed by atoms with E-state index < -0.39 is 50.8 Å². The van der Waals surface area contributed by atoms with Crippen molar-refractivity contribution in [3.05, 3.63) is 52.8 Å². The van der Waals surface area contributed by atoms with Crippen LogP contribution in [0, 0.1) is 0 Å². The SMILES string of the molecule is Nc1ccn(C2O[C@H](COP3(=O)OCC[C@@H](c4ccncc4)O3)[C@@H](O)[C@@H]2O)c(=O)n1. The third-order valence-corrected chi connectivity index (χ3v) is 6.30. The van der Waals surface area contributed by atoms with Crippen molar-refractivity contribution in [2.45, 2.75) is 37.1 Å². The lowest BCUT2D eigenvalue weighted by molar-refractivity contribution is -0.0609. The smallest absolute Gasteiger partial charge is 0.387 e. The number of hydrogen-bond acceptors (Lipinski definition) is 11. The van der Waals surface area contributed by atoms with Crippen molar-refractivity contribution in [1.29, 1.82) is 0 Å². The zero-order chi connectivity index (χ0) is 21.3. The van der Waals surface area contributed by atoms with Gasteiger partial charge in [0.2, 0.25) is 0 Å². The van der Waals surface area contributed by atoms with Crippen molar-refractivity contribution in [1.82, 2.24) is 14.5 Å². The second-order valence-corrected chi connectivity index (χ2v) is 8.45. The van der Waals surface area contributed by atoms with E-state index in [1.165, 1.54) is 12.3 Å². The molecule has 4 rings (SSSR count). The van der Waals surface area contributed by atoms with Crippen LogP contribution in [0.2, 0.25) is 0 Å². The van der Waals surface area contributed by atoms with Gasteiger partial charge in [0, 0.05) is 25.0 Å². The highest BCUT2D eigenvalue weighted by molar-refractivity contribution is 7.48. The highest BCUT2D eigenvalue weighted by Gasteiger charge is 2.46. The summed E-state index contributed by atoms with van der Waals surface area (Å²) in [7, 11) is -3.93. The van der Waals surface area contributed by atoms with Gasteiger partial charge in [-0.2, -0.15) is 4.98 Å². The number of hydrogen-bond donors (Lipinski definition) is 3. The Morgan fingerprint density at radius 2 is 2.03 bits per heavy atom. The monoisotopic (exact) mass is 440 g/mol. The van der Waals surface area contributed by atoms with Gasteiger partial charge in [0.1, 0.15) is 24.1 Å². The Bertz CT molecular complexity index is 989. The van der Waals surface area contributed by atoms with E-state index in [4.69, 9.17) is 24.0 Å². The van der Waals surface area contributed by atoms with E-state index in [2.05, 4.69) is 9.97 Å². The van der Waals surface area contributed by atoms with Crippen molar-refractivity contribution in [2.24, 2.45) is 0 Å². The van der Waals surface area contributed by atoms with E-state index >= 15 is 0 Å². The van der Waals surface area contributed by atoms with Crippen LogP contribution in [-0.4, -0.2) is 56.3 Å². The number of aromatic nitrogens is 3. The zero-order valence-corrected chi connectivity index (χ0v) is 16.6. The fraction of sp³-hybridized carbons (Fsp3) is 0.471. The molecule has 2 aliphatic rings. The molecule has 12 nitrogen and oxygen atoms in total. The summed E-state index contributed by atoms with van der Waals surface area (Å²) < 4.78 is 35.5. The molecule has 0 bridgehead atoms. The van der Waals surface area contributed by atoms with Crippen LogP contribution in [0.3, 0.4) is 0 Å². The number of ether oxygens (including phenoxy) is 1. The fourth-order valence-corrected chi connectivity index (χ4v) is 4.66. The number of phosphoric acid groups is 1. The van der Waals surface area contributed by atoms with E-state index in [9.17, 15) is 19.6 Å². The third-order valence-electron chi connectivity index (χ3n) is 4.82. The molecule has 2 fully saturated rings. The molecule has 0 amide bonds. The molecule has 2 aromatic rings. The molecule has 2 aromatic heterocycles. The minimum absolute atomic E-state index is 0.0117. The second-order valence-electron chi connectivity index (χ2n) is 6.83. The van der Waals surface area contributed by atoms with Crippen LogP contribution in [0.25, 0.3) is 0 Å². The number of rotatable bonds is 5. The third kappa shape index (κ3) is 4.30. The van der Waals surface area contributed by atoms with Crippen LogP contribution in [0.5, 0.6) is 0 Å². The Morgan fingerprint density at radius 3 is 2.77 bits per heavy atom. The van der Waals surface area contributed by atoms with Crippen LogP contribution >= 0.6 is 7.82 Å². The van der Waals surface area contributed by atoms with Crippen molar-refractivity contribution >= 4 is 13.6 Å². The molecular weight excluding hydrogens is 419 g/mol. The predicted molar refractivity (Wildman–Crippen MR) is 101 cm³/mol. The van der Waals surface area contributed by atoms with Crippen LogP contribution in [-0.2, 0) is 22.9 Å². The average Bonchev–Trinajstić information content (AvgIpc) is 3.01. The summed E-state index contributed by atoms with van der Waals surface area (Å²) in [4.78, 5) is 19.5. The van der Waals surface area contributed by atoms with Gasteiger partial charge in [0.15, 0.2) is 6.23 Å². The summed E-state index contributed by atoms with van der Waals surface area (Å²) in [6, 6.07) is 4.84. The maximum atomic E-state index is 12.8. The molecule has 2 unspecified atom stereocenters. The number of pyridine rings is 1. The molecule has 13 heteroatoms. The average molecular weight is 440 g/mol. The zero-order valence-electron chi connectivity index (χ0n) is 15.7. The summed E-state index contributed by atoms with van der Waals surface area (Å²) in [6.45, 7) is -0.248. The summed E-state index contributed by atoms with van der Waals surface area (Å²) >= 11 is 0. The van der Waals surface area contributed by atoms with Gasteiger partial charge in [0.05, 0.1) is 19.3 Å². The molecule has 0 radical (unpaired) electrons. The van der Waals surface area contributed by atoms with Crippen LogP contribution in [0.15, 0.2) is 41.6 Å². The van der Waals surface area contributed by atoms with E-state index in [-0.39, 0.29) is 12.4 Å². The Balaban J connectivity index is 1.42. The van der Waals surface area contributed by atoms with E-state index in [1.54, 1.807) is 24.5 Å². The first kappa shape index (κ1) is 21.1. The Morgan fingerprint density at radius 1 is 1.27 bits per heavy atom. The highest BCUT2D eigenvalue weighted by atomic mass is 31.2. The number of nitrogen functional groups attached to an aromatic ring is 1. The molecular formula is C17H21N4O8P. The van der Waals surface area contributed by atoms with E-state index in [0.29, 0.717) is 6.42 Å². The number of phosphoric ester groups is 1. The predicted octanol–water partition coefficient (Wildman–Crippen LogP) is 0.143. The van der Waals surface area contributed by atoms with Crippen molar-refractivity contribution in [2.75, 3.05) is 18.9 Å². The Hall–Kier alpha value is -2.18. The highest BCUT2D eigenvalue weighted by Crippen LogP contribution is 2.57. The van der Waals surface area contributed by atoms with Gasteiger partial charge >= 0.3 is 13.5 Å². The molecule has 2 saturated heterocycles. The minimum Gasteiger partial charge on any atom is -0.387 e. The molecule has 4 heterocycles.